The Balaban J connectivity index is 2.11. The highest BCUT2D eigenvalue weighted by Crippen LogP contribution is 2.23. The van der Waals surface area contributed by atoms with Gasteiger partial charge in [0.1, 0.15) is 12.4 Å². The lowest BCUT2D eigenvalue weighted by Gasteiger charge is -2.11. The highest BCUT2D eigenvalue weighted by Gasteiger charge is 2.09. The predicted molar refractivity (Wildman–Crippen MR) is 85.7 cm³/mol. The molecule has 0 bridgehead atoms. The Morgan fingerprint density at radius 2 is 1.81 bits per heavy atom. The van der Waals surface area contributed by atoms with E-state index in [9.17, 15) is 4.79 Å². The van der Waals surface area contributed by atoms with Crippen molar-refractivity contribution in [3.63, 3.8) is 0 Å². The van der Waals surface area contributed by atoms with Crippen molar-refractivity contribution in [2.45, 2.75) is 33.3 Å². The number of rotatable bonds is 5. The first-order chi connectivity index (χ1) is 9.97. The minimum atomic E-state index is -0.0487. The maximum Gasteiger partial charge on any atom is 0.163 e. The average Bonchev–Trinajstić information content (AvgIpc) is 2.46. The molecular formula is C18H21NO2. The minimum absolute atomic E-state index is 0.0487. The van der Waals surface area contributed by atoms with Gasteiger partial charge >= 0.3 is 0 Å². The van der Waals surface area contributed by atoms with E-state index in [4.69, 9.17) is 10.5 Å². The quantitative estimate of drug-likeness (QED) is 0.661. The molecule has 0 spiro atoms. The van der Waals surface area contributed by atoms with E-state index in [1.807, 2.05) is 0 Å². The van der Waals surface area contributed by atoms with Crippen molar-refractivity contribution >= 4 is 11.5 Å². The number of carbonyl (C=O) groups is 1. The van der Waals surface area contributed by atoms with Gasteiger partial charge in [0.05, 0.1) is 5.56 Å². The lowest BCUT2D eigenvalue weighted by Crippen LogP contribution is -2.03. The number of hydrogen-bond acceptors (Lipinski definition) is 3. The summed E-state index contributed by atoms with van der Waals surface area (Å²) in [7, 11) is 0. The lowest BCUT2D eigenvalue weighted by atomic mass is 10.0. The Bertz CT molecular complexity index is 630. The van der Waals surface area contributed by atoms with E-state index < -0.39 is 0 Å². The SMILES string of the molecule is CC(=O)c1cc(N)ccc1OCc1ccc(C(C)C)cc1. The Morgan fingerprint density at radius 3 is 2.38 bits per heavy atom. The predicted octanol–water partition coefficient (Wildman–Crippen LogP) is 4.17. The summed E-state index contributed by atoms with van der Waals surface area (Å²) >= 11 is 0. The van der Waals surface area contributed by atoms with Crippen LogP contribution in [0, 0.1) is 0 Å². The number of nitrogens with two attached hydrogens (primary N) is 1. The Hall–Kier alpha value is -2.29. The second-order valence-corrected chi connectivity index (χ2v) is 5.50. The Kier molecular flexibility index (Phi) is 4.63. The third-order valence-corrected chi connectivity index (χ3v) is 3.42. The zero-order chi connectivity index (χ0) is 15.4. The van der Waals surface area contributed by atoms with E-state index in [1.165, 1.54) is 12.5 Å². The molecule has 0 saturated carbocycles. The minimum Gasteiger partial charge on any atom is -0.488 e. The van der Waals surface area contributed by atoms with Crippen molar-refractivity contribution in [3.05, 3.63) is 59.2 Å². The fourth-order valence-electron chi connectivity index (χ4n) is 2.11. The number of hydrogen-bond donors (Lipinski definition) is 1. The molecule has 21 heavy (non-hydrogen) atoms. The summed E-state index contributed by atoms with van der Waals surface area (Å²) in [5, 5.41) is 0. The molecule has 0 amide bonds. The number of ketones is 1. The molecule has 0 atom stereocenters. The molecule has 2 aromatic rings. The van der Waals surface area contributed by atoms with Crippen LogP contribution in [-0.2, 0) is 6.61 Å². The fourth-order valence-corrected chi connectivity index (χ4v) is 2.11. The topological polar surface area (TPSA) is 52.3 Å². The summed E-state index contributed by atoms with van der Waals surface area (Å²) in [4.78, 5) is 11.6. The largest absolute Gasteiger partial charge is 0.488 e. The van der Waals surface area contributed by atoms with Crippen LogP contribution < -0.4 is 10.5 Å². The van der Waals surface area contributed by atoms with Gasteiger partial charge in [-0.05, 0) is 42.2 Å². The summed E-state index contributed by atoms with van der Waals surface area (Å²) in [5.41, 5.74) is 9.17. The molecule has 0 saturated heterocycles. The molecule has 0 fully saturated rings. The maximum absolute atomic E-state index is 11.6. The van der Waals surface area contributed by atoms with Crippen LogP contribution in [0.25, 0.3) is 0 Å². The van der Waals surface area contributed by atoms with Crippen molar-refractivity contribution in [3.8, 4) is 5.75 Å². The number of Topliss-reactive ketones (excluding diaryl/α,β-unsaturated/α-hetero) is 1. The van der Waals surface area contributed by atoms with Crippen LogP contribution in [0.2, 0.25) is 0 Å². The van der Waals surface area contributed by atoms with Crippen molar-refractivity contribution < 1.29 is 9.53 Å². The van der Waals surface area contributed by atoms with Gasteiger partial charge in [0.15, 0.2) is 5.78 Å². The number of ether oxygens (including phenoxy) is 1. The molecular weight excluding hydrogens is 262 g/mol. The zero-order valence-corrected chi connectivity index (χ0v) is 12.7. The fraction of sp³-hybridized carbons (Fsp3) is 0.278. The van der Waals surface area contributed by atoms with Gasteiger partial charge in [0.25, 0.3) is 0 Å². The summed E-state index contributed by atoms with van der Waals surface area (Å²) in [6.45, 7) is 6.28. The van der Waals surface area contributed by atoms with E-state index in [1.54, 1.807) is 18.2 Å². The summed E-state index contributed by atoms with van der Waals surface area (Å²) < 4.78 is 5.76. The van der Waals surface area contributed by atoms with E-state index >= 15 is 0 Å². The number of nitrogen functional groups attached to an aromatic ring is 1. The summed E-state index contributed by atoms with van der Waals surface area (Å²) in [6, 6.07) is 13.5. The molecule has 110 valence electrons. The molecule has 2 N–H and O–H groups in total. The molecule has 0 aliphatic carbocycles. The van der Waals surface area contributed by atoms with Gasteiger partial charge in [-0.15, -0.1) is 0 Å². The maximum atomic E-state index is 11.6. The molecule has 0 radical (unpaired) electrons. The van der Waals surface area contributed by atoms with Gasteiger partial charge in [-0.3, -0.25) is 4.79 Å². The van der Waals surface area contributed by atoms with E-state index in [0.29, 0.717) is 29.5 Å². The lowest BCUT2D eigenvalue weighted by molar-refractivity contribution is 0.101. The number of anilines is 1. The van der Waals surface area contributed by atoms with Gasteiger partial charge in [0.2, 0.25) is 0 Å². The van der Waals surface area contributed by atoms with Crippen molar-refractivity contribution in [1.29, 1.82) is 0 Å². The molecule has 0 aromatic heterocycles. The molecule has 0 aliphatic heterocycles. The average molecular weight is 283 g/mol. The van der Waals surface area contributed by atoms with Crippen LogP contribution in [0.1, 0.15) is 48.2 Å². The van der Waals surface area contributed by atoms with Crippen molar-refractivity contribution in [2.75, 3.05) is 5.73 Å². The van der Waals surface area contributed by atoms with Gasteiger partial charge < -0.3 is 10.5 Å². The normalized spacial score (nSPS) is 10.7. The van der Waals surface area contributed by atoms with Gasteiger partial charge in [-0.1, -0.05) is 38.1 Å². The zero-order valence-electron chi connectivity index (χ0n) is 12.7. The number of carbonyl (C=O) groups excluding carboxylic acids is 1. The number of benzene rings is 2. The summed E-state index contributed by atoms with van der Waals surface area (Å²) in [6.07, 6.45) is 0. The van der Waals surface area contributed by atoms with Crippen LogP contribution in [0.3, 0.4) is 0 Å². The highest BCUT2D eigenvalue weighted by molar-refractivity contribution is 5.97. The Labute approximate surface area is 125 Å². The van der Waals surface area contributed by atoms with Crippen LogP contribution in [0.15, 0.2) is 42.5 Å². The van der Waals surface area contributed by atoms with Gasteiger partial charge in [-0.2, -0.15) is 0 Å². The Morgan fingerprint density at radius 1 is 1.14 bits per heavy atom. The molecule has 2 aromatic carbocycles. The molecule has 3 heteroatoms. The van der Waals surface area contributed by atoms with Crippen LogP contribution in [0.5, 0.6) is 5.75 Å². The molecule has 0 aliphatic rings. The first-order valence-electron chi connectivity index (χ1n) is 7.09. The van der Waals surface area contributed by atoms with E-state index in [2.05, 4.69) is 38.1 Å². The van der Waals surface area contributed by atoms with Crippen LogP contribution >= 0.6 is 0 Å². The molecule has 2 rings (SSSR count). The second kappa shape index (κ2) is 6.44. The first kappa shape index (κ1) is 15.1. The molecule has 0 unspecified atom stereocenters. The second-order valence-electron chi connectivity index (χ2n) is 5.50. The van der Waals surface area contributed by atoms with Gasteiger partial charge in [0, 0.05) is 5.69 Å². The van der Waals surface area contributed by atoms with E-state index in [-0.39, 0.29) is 5.78 Å². The molecule has 0 heterocycles. The van der Waals surface area contributed by atoms with Crippen molar-refractivity contribution in [1.82, 2.24) is 0 Å². The smallest absolute Gasteiger partial charge is 0.163 e. The van der Waals surface area contributed by atoms with Crippen molar-refractivity contribution in [2.24, 2.45) is 0 Å². The van der Waals surface area contributed by atoms with Crippen LogP contribution in [-0.4, -0.2) is 5.78 Å². The van der Waals surface area contributed by atoms with Gasteiger partial charge in [-0.25, -0.2) is 0 Å². The monoisotopic (exact) mass is 283 g/mol. The first-order valence-corrected chi connectivity index (χ1v) is 7.09. The summed E-state index contributed by atoms with van der Waals surface area (Å²) in [5.74, 6) is 1.04. The highest BCUT2D eigenvalue weighted by atomic mass is 16.5. The third-order valence-electron chi connectivity index (χ3n) is 3.42. The van der Waals surface area contributed by atoms with Crippen LogP contribution in [0.4, 0.5) is 5.69 Å². The third kappa shape index (κ3) is 3.85. The standard InChI is InChI=1S/C18H21NO2/c1-12(2)15-6-4-14(5-7-15)11-21-18-9-8-16(19)10-17(18)13(3)20/h4-10,12H,11,19H2,1-3H3. The van der Waals surface area contributed by atoms with E-state index in [0.717, 1.165) is 5.56 Å². The molecule has 3 nitrogen and oxygen atoms in total.